The van der Waals surface area contributed by atoms with E-state index < -0.39 is 0 Å². The second kappa shape index (κ2) is 5.91. The van der Waals surface area contributed by atoms with Gasteiger partial charge in [-0.3, -0.25) is 0 Å². The lowest BCUT2D eigenvalue weighted by Crippen LogP contribution is -2.22. The minimum Gasteiger partial charge on any atom is -0.375 e. The molecule has 0 aromatic heterocycles. The van der Waals surface area contributed by atoms with E-state index in [1.165, 1.54) is 16.3 Å². The van der Waals surface area contributed by atoms with Crippen LogP contribution in [0.1, 0.15) is 31.7 Å². The van der Waals surface area contributed by atoms with Crippen LogP contribution in [-0.2, 0) is 4.74 Å². The Hall–Kier alpha value is -0.570. The lowest BCUT2D eigenvalue weighted by atomic mass is 9.83. The summed E-state index contributed by atoms with van der Waals surface area (Å²) < 4.78 is 7.08. The number of halogens is 2. The van der Waals surface area contributed by atoms with Gasteiger partial charge in [0, 0.05) is 10.4 Å². The van der Waals surface area contributed by atoms with Crippen molar-refractivity contribution in [3.63, 3.8) is 0 Å². The number of benzene rings is 2. The summed E-state index contributed by atoms with van der Waals surface area (Å²) in [5.74, 6) is 0.802. The molecule has 0 radical (unpaired) electrons. The molecule has 3 rings (SSSR count). The SMILES string of the molecule is CC1OC(C)C(C(Cl)c2ccc(Br)c3ccccc23)C1C. The van der Waals surface area contributed by atoms with Crippen molar-refractivity contribution in [3.05, 3.63) is 46.4 Å². The van der Waals surface area contributed by atoms with Crippen LogP contribution < -0.4 is 0 Å². The van der Waals surface area contributed by atoms with Crippen LogP contribution in [0.25, 0.3) is 10.8 Å². The number of alkyl halides is 1. The third kappa shape index (κ3) is 2.62. The first-order valence-electron chi connectivity index (χ1n) is 7.47. The van der Waals surface area contributed by atoms with E-state index in [9.17, 15) is 0 Å². The van der Waals surface area contributed by atoms with Crippen molar-refractivity contribution in [1.82, 2.24) is 0 Å². The Morgan fingerprint density at radius 3 is 2.29 bits per heavy atom. The average Bonchev–Trinajstić information content (AvgIpc) is 2.72. The van der Waals surface area contributed by atoms with E-state index in [2.05, 4.69) is 73.1 Å². The molecule has 112 valence electrons. The first kappa shape index (κ1) is 15.3. The number of fused-ring (bicyclic) bond motifs is 1. The lowest BCUT2D eigenvalue weighted by Gasteiger charge is -2.25. The van der Waals surface area contributed by atoms with E-state index in [1.807, 2.05) is 0 Å². The molecule has 5 atom stereocenters. The zero-order valence-electron chi connectivity index (χ0n) is 12.5. The normalized spacial score (nSPS) is 30.7. The molecule has 21 heavy (non-hydrogen) atoms. The Labute approximate surface area is 139 Å². The Morgan fingerprint density at radius 1 is 1.00 bits per heavy atom. The molecule has 0 saturated carbocycles. The number of hydrogen-bond donors (Lipinski definition) is 0. The number of ether oxygens (including phenoxy) is 1. The van der Waals surface area contributed by atoms with Crippen LogP contribution in [0.4, 0.5) is 0 Å². The van der Waals surface area contributed by atoms with Gasteiger partial charge in [0.05, 0.1) is 17.6 Å². The zero-order chi connectivity index (χ0) is 15.1. The summed E-state index contributed by atoms with van der Waals surface area (Å²) in [7, 11) is 0. The highest BCUT2D eigenvalue weighted by Crippen LogP contribution is 2.46. The smallest absolute Gasteiger partial charge is 0.0647 e. The molecule has 2 aromatic rings. The summed E-state index contributed by atoms with van der Waals surface area (Å²) in [5, 5.41) is 2.41. The highest BCUT2D eigenvalue weighted by atomic mass is 79.9. The van der Waals surface area contributed by atoms with Gasteiger partial charge in [0.15, 0.2) is 0 Å². The third-order valence-corrected chi connectivity index (χ3v) is 6.08. The van der Waals surface area contributed by atoms with Gasteiger partial charge in [-0.15, -0.1) is 11.6 Å². The van der Waals surface area contributed by atoms with Crippen molar-refractivity contribution in [1.29, 1.82) is 0 Å². The maximum Gasteiger partial charge on any atom is 0.0647 e. The summed E-state index contributed by atoms with van der Waals surface area (Å²) in [4.78, 5) is 0. The van der Waals surface area contributed by atoms with Crippen LogP contribution in [0.15, 0.2) is 40.9 Å². The second-order valence-electron chi connectivity index (χ2n) is 6.07. The Kier molecular flexibility index (Phi) is 4.31. The summed E-state index contributed by atoms with van der Waals surface area (Å²) >= 11 is 10.5. The lowest BCUT2D eigenvalue weighted by molar-refractivity contribution is 0.0508. The topological polar surface area (TPSA) is 9.23 Å². The van der Waals surface area contributed by atoms with Gasteiger partial charge in [-0.2, -0.15) is 0 Å². The molecular weight excluding hydrogens is 348 g/mol. The van der Waals surface area contributed by atoms with Crippen LogP contribution in [0, 0.1) is 11.8 Å². The van der Waals surface area contributed by atoms with Gasteiger partial charge in [0.2, 0.25) is 0 Å². The molecule has 2 aromatic carbocycles. The predicted molar refractivity (Wildman–Crippen MR) is 92.9 cm³/mol. The van der Waals surface area contributed by atoms with Crippen molar-refractivity contribution >= 4 is 38.3 Å². The minimum atomic E-state index is -0.0297. The molecular formula is C18H20BrClO. The maximum atomic E-state index is 6.90. The van der Waals surface area contributed by atoms with Crippen LogP contribution in [-0.4, -0.2) is 12.2 Å². The fourth-order valence-electron chi connectivity index (χ4n) is 3.53. The van der Waals surface area contributed by atoms with E-state index >= 15 is 0 Å². The van der Waals surface area contributed by atoms with Crippen molar-refractivity contribution in [2.75, 3.05) is 0 Å². The van der Waals surface area contributed by atoms with Crippen LogP contribution in [0.5, 0.6) is 0 Å². The van der Waals surface area contributed by atoms with E-state index in [4.69, 9.17) is 16.3 Å². The summed E-state index contributed by atoms with van der Waals surface area (Å²) in [6.45, 7) is 6.53. The molecule has 0 N–H and O–H groups in total. The molecule has 3 heteroatoms. The fourth-order valence-corrected chi connectivity index (χ4v) is 4.63. The molecule has 0 amide bonds. The van der Waals surface area contributed by atoms with Gasteiger partial charge in [0.1, 0.15) is 0 Å². The van der Waals surface area contributed by atoms with E-state index in [1.54, 1.807) is 0 Å². The summed E-state index contributed by atoms with van der Waals surface area (Å²) in [5.41, 5.74) is 1.21. The molecule has 0 bridgehead atoms. The summed E-state index contributed by atoms with van der Waals surface area (Å²) in [6.07, 6.45) is 0.466. The standard InChI is InChI=1S/C18H20BrClO/c1-10-11(2)21-12(3)17(10)18(20)15-8-9-16(19)14-7-5-4-6-13(14)15/h4-12,17-18H,1-3H3. The van der Waals surface area contributed by atoms with Crippen LogP contribution in [0.3, 0.4) is 0 Å². The van der Waals surface area contributed by atoms with Crippen molar-refractivity contribution in [2.24, 2.45) is 11.8 Å². The maximum absolute atomic E-state index is 6.90. The number of hydrogen-bond acceptors (Lipinski definition) is 1. The highest BCUT2D eigenvalue weighted by Gasteiger charge is 2.41. The van der Waals surface area contributed by atoms with Crippen molar-refractivity contribution in [3.8, 4) is 0 Å². The van der Waals surface area contributed by atoms with E-state index in [0.717, 1.165) is 4.47 Å². The Morgan fingerprint density at radius 2 is 1.67 bits per heavy atom. The second-order valence-corrected chi connectivity index (χ2v) is 7.39. The molecule has 0 aliphatic carbocycles. The highest BCUT2D eigenvalue weighted by molar-refractivity contribution is 9.10. The Bertz CT molecular complexity index is 657. The van der Waals surface area contributed by atoms with Crippen LogP contribution in [0.2, 0.25) is 0 Å². The number of rotatable bonds is 2. The minimum absolute atomic E-state index is 0.0297. The van der Waals surface area contributed by atoms with E-state index in [0.29, 0.717) is 11.8 Å². The third-order valence-electron chi connectivity index (χ3n) is 4.86. The molecule has 1 fully saturated rings. The van der Waals surface area contributed by atoms with Crippen LogP contribution >= 0.6 is 27.5 Å². The van der Waals surface area contributed by atoms with Gasteiger partial charge in [-0.25, -0.2) is 0 Å². The monoisotopic (exact) mass is 366 g/mol. The summed E-state index contributed by atoms with van der Waals surface area (Å²) in [6, 6.07) is 12.7. The molecule has 1 aliphatic rings. The van der Waals surface area contributed by atoms with E-state index in [-0.39, 0.29) is 17.6 Å². The van der Waals surface area contributed by atoms with Gasteiger partial charge in [0.25, 0.3) is 0 Å². The molecule has 5 unspecified atom stereocenters. The van der Waals surface area contributed by atoms with Gasteiger partial charge in [-0.1, -0.05) is 53.2 Å². The molecule has 1 nitrogen and oxygen atoms in total. The molecule has 0 spiro atoms. The molecule has 1 saturated heterocycles. The first-order valence-corrected chi connectivity index (χ1v) is 8.70. The van der Waals surface area contributed by atoms with Gasteiger partial charge < -0.3 is 4.74 Å². The zero-order valence-corrected chi connectivity index (χ0v) is 14.9. The largest absolute Gasteiger partial charge is 0.375 e. The molecule has 1 aliphatic heterocycles. The average molecular weight is 368 g/mol. The van der Waals surface area contributed by atoms with Crippen molar-refractivity contribution in [2.45, 2.75) is 38.4 Å². The predicted octanol–water partition coefficient (Wildman–Crippen LogP) is 5.94. The van der Waals surface area contributed by atoms with Crippen molar-refractivity contribution < 1.29 is 4.74 Å². The quantitative estimate of drug-likeness (QED) is 0.597. The van der Waals surface area contributed by atoms with Gasteiger partial charge >= 0.3 is 0 Å². The van der Waals surface area contributed by atoms with Gasteiger partial charge in [-0.05, 0) is 42.2 Å². The first-order chi connectivity index (χ1) is 10.0. The molecule has 1 heterocycles. The fraction of sp³-hybridized carbons (Fsp3) is 0.444. The Balaban J connectivity index is 2.06.